The van der Waals surface area contributed by atoms with Gasteiger partial charge in [-0.1, -0.05) is 36.4 Å². The Balaban J connectivity index is 1.23. The van der Waals surface area contributed by atoms with Crippen molar-refractivity contribution in [1.29, 1.82) is 0 Å². The van der Waals surface area contributed by atoms with Crippen molar-refractivity contribution in [3.05, 3.63) is 65.7 Å². The van der Waals surface area contributed by atoms with Gasteiger partial charge in [0.25, 0.3) is 0 Å². The molecular weight excluding hydrogens is 412 g/mol. The van der Waals surface area contributed by atoms with Crippen LogP contribution in [-0.2, 0) is 25.6 Å². The topological polar surface area (TPSA) is 91.3 Å². The number of esters is 2. The molecule has 0 amide bonds. The Kier molecular flexibility index (Phi) is 5.85. The van der Waals surface area contributed by atoms with Crippen LogP contribution in [0.4, 0.5) is 0 Å². The number of hydrogen-bond donors (Lipinski definition) is 1. The lowest BCUT2D eigenvalue weighted by molar-refractivity contribution is -0.168. The molecule has 168 valence electrons. The third-order valence-corrected chi connectivity index (χ3v) is 6.65. The lowest BCUT2D eigenvalue weighted by atomic mass is 9.87. The number of fused-ring (bicyclic) bond motifs is 2. The van der Waals surface area contributed by atoms with E-state index in [1.165, 1.54) is 0 Å². The van der Waals surface area contributed by atoms with Crippen molar-refractivity contribution in [1.82, 2.24) is 0 Å². The molecule has 32 heavy (non-hydrogen) atoms. The molecular formula is C25H26O7. The molecule has 0 radical (unpaired) electrons. The summed E-state index contributed by atoms with van der Waals surface area (Å²) in [6.45, 7) is 0.381. The van der Waals surface area contributed by atoms with E-state index in [1.54, 1.807) is 24.3 Å². The van der Waals surface area contributed by atoms with Gasteiger partial charge >= 0.3 is 11.9 Å². The van der Waals surface area contributed by atoms with Crippen LogP contribution in [0.25, 0.3) is 0 Å². The summed E-state index contributed by atoms with van der Waals surface area (Å²) in [5.74, 6) is 0.0203. The van der Waals surface area contributed by atoms with Gasteiger partial charge in [0.05, 0.1) is 18.6 Å². The Labute approximate surface area is 186 Å². The standard InChI is InChI=1S/C25H26O7/c26-19(25-29-14-16-8-4-5-9-20(16)32-25)11-10-17-18-12-23(27)30-22(18)13-21(17)31-24(28)15-6-2-1-3-7-15/h1-9,17-19,21-22,25-26H,10-14H2/t17-,18-,19-,21-,22+,25+/m1/s1. The Bertz CT molecular complexity index is 975. The second-order valence-corrected chi connectivity index (χ2v) is 8.66. The van der Waals surface area contributed by atoms with Gasteiger partial charge < -0.3 is 24.1 Å². The number of aliphatic hydroxyl groups is 1. The molecule has 0 unspecified atom stereocenters. The van der Waals surface area contributed by atoms with Crippen LogP contribution in [0.3, 0.4) is 0 Å². The number of aliphatic hydroxyl groups excluding tert-OH is 1. The highest BCUT2D eigenvalue weighted by atomic mass is 16.7. The summed E-state index contributed by atoms with van der Waals surface area (Å²) < 4.78 is 22.8. The lowest BCUT2D eigenvalue weighted by Gasteiger charge is -2.31. The van der Waals surface area contributed by atoms with Crippen molar-refractivity contribution < 1.29 is 33.6 Å². The Morgan fingerprint density at radius 2 is 1.88 bits per heavy atom. The highest BCUT2D eigenvalue weighted by molar-refractivity contribution is 5.89. The maximum Gasteiger partial charge on any atom is 0.338 e. The normalized spacial score (nSPS) is 29.4. The summed E-state index contributed by atoms with van der Waals surface area (Å²) in [5, 5.41) is 10.7. The van der Waals surface area contributed by atoms with Crippen LogP contribution in [0.5, 0.6) is 5.75 Å². The molecule has 0 bridgehead atoms. The van der Waals surface area contributed by atoms with Crippen LogP contribution >= 0.6 is 0 Å². The second-order valence-electron chi connectivity index (χ2n) is 8.66. The predicted molar refractivity (Wildman–Crippen MR) is 113 cm³/mol. The van der Waals surface area contributed by atoms with E-state index >= 15 is 0 Å². The van der Waals surface area contributed by atoms with Crippen LogP contribution in [0.1, 0.15) is 41.6 Å². The number of hydrogen-bond acceptors (Lipinski definition) is 7. The van der Waals surface area contributed by atoms with Crippen molar-refractivity contribution in [3.63, 3.8) is 0 Å². The molecule has 1 N–H and O–H groups in total. The van der Waals surface area contributed by atoms with Gasteiger partial charge in [0.15, 0.2) is 0 Å². The lowest BCUT2D eigenvalue weighted by Crippen LogP contribution is -2.38. The van der Waals surface area contributed by atoms with Gasteiger partial charge in [-0.3, -0.25) is 4.79 Å². The van der Waals surface area contributed by atoms with Gasteiger partial charge in [0, 0.05) is 23.8 Å². The number of carbonyl (C=O) groups excluding carboxylic acids is 2. The first-order valence-corrected chi connectivity index (χ1v) is 11.1. The van der Waals surface area contributed by atoms with Crippen LogP contribution < -0.4 is 4.74 Å². The van der Waals surface area contributed by atoms with Crippen molar-refractivity contribution in [3.8, 4) is 5.75 Å². The van der Waals surface area contributed by atoms with Crippen molar-refractivity contribution in [2.75, 3.05) is 0 Å². The number of benzene rings is 2. The van der Waals surface area contributed by atoms with E-state index in [0.717, 1.165) is 5.56 Å². The Morgan fingerprint density at radius 1 is 1.09 bits per heavy atom. The van der Waals surface area contributed by atoms with Gasteiger partial charge in [-0.25, -0.2) is 4.79 Å². The molecule has 0 spiro atoms. The molecule has 2 aromatic rings. The third-order valence-electron chi connectivity index (χ3n) is 6.65. The monoisotopic (exact) mass is 438 g/mol. The van der Waals surface area contributed by atoms with E-state index < -0.39 is 12.4 Å². The summed E-state index contributed by atoms with van der Waals surface area (Å²) in [7, 11) is 0. The SMILES string of the molecule is O=C1C[C@@H]2[C@@H](CC[C@@H](O)[C@H]3OCc4ccccc4O3)[C@H](OC(=O)c3ccccc3)C[C@@H]2O1. The van der Waals surface area contributed by atoms with Crippen LogP contribution in [0.2, 0.25) is 0 Å². The summed E-state index contributed by atoms with van der Waals surface area (Å²) in [4.78, 5) is 24.4. The average Bonchev–Trinajstić information content (AvgIpc) is 3.33. The van der Waals surface area contributed by atoms with E-state index in [0.29, 0.717) is 43.6 Å². The van der Waals surface area contributed by atoms with Crippen molar-refractivity contribution in [2.45, 2.75) is 56.9 Å². The first kappa shape index (κ1) is 21.0. The maximum absolute atomic E-state index is 12.6. The molecule has 1 saturated heterocycles. The fourth-order valence-corrected chi connectivity index (χ4v) is 5.03. The zero-order valence-electron chi connectivity index (χ0n) is 17.6. The molecule has 2 aliphatic heterocycles. The molecule has 7 heteroatoms. The van der Waals surface area contributed by atoms with Crippen LogP contribution in [0.15, 0.2) is 54.6 Å². The maximum atomic E-state index is 12.6. The first-order valence-electron chi connectivity index (χ1n) is 11.1. The van der Waals surface area contributed by atoms with Gasteiger partial charge in [-0.15, -0.1) is 0 Å². The van der Waals surface area contributed by atoms with Gasteiger partial charge in [-0.05, 0) is 31.0 Å². The average molecular weight is 438 g/mol. The largest absolute Gasteiger partial charge is 0.462 e. The van der Waals surface area contributed by atoms with E-state index in [4.69, 9.17) is 18.9 Å². The predicted octanol–water partition coefficient (Wildman–Crippen LogP) is 3.24. The third kappa shape index (κ3) is 4.23. The molecule has 1 saturated carbocycles. The summed E-state index contributed by atoms with van der Waals surface area (Å²) in [6, 6.07) is 16.4. The highest BCUT2D eigenvalue weighted by Gasteiger charge is 2.51. The molecule has 1 aliphatic carbocycles. The van der Waals surface area contributed by atoms with Crippen molar-refractivity contribution >= 4 is 11.9 Å². The van der Waals surface area contributed by atoms with E-state index in [-0.39, 0.29) is 36.0 Å². The fourth-order valence-electron chi connectivity index (χ4n) is 5.03. The molecule has 5 rings (SSSR count). The summed E-state index contributed by atoms with van der Waals surface area (Å²) >= 11 is 0. The van der Waals surface area contributed by atoms with Crippen LogP contribution in [-0.4, -0.2) is 41.6 Å². The number of carbonyl (C=O) groups is 2. The Hall–Kier alpha value is -2.90. The molecule has 2 fully saturated rings. The first-order chi connectivity index (χ1) is 15.6. The van der Waals surface area contributed by atoms with Gasteiger partial charge in [-0.2, -0.15) is 0 Å². The quantitative estimate of drug-likeness (QED) is 0.693. The smallest absolute Gasteiger partial charge is 0.338 e. The molecule has 7 nitrogen and oxygen atoms in total. The minimum absolute atomic E-state index is 0.0165. The van der Waals surface area contributed by atoms with E-state index in [9.17, 15) is 14.7 Å². The minimum atomic E-state index is -0.842. The van der Waals surface area contributed by atoms with Crippen LogP contribution in [0, 0.1) is 11.8 Å². The van der Waals surface area contributed by atoms with Gasteiger partial charge in [0.1, 0.15) is 24.1 Å². The zero-order chi connectivity index (χ0) is 22.1. The highest BCUT2D eigenvalue weighted by Crippen LogP contribution is 2.45. The van der Waals surface area contributed by atoms with E-state index in [1.807, 2.05) is 30.3 Å². The molecule has 2 heterocycles. The van der Waals surface area contributed by atoms with Crippen molar-refractivity contribution in [2.24, 2.45) is 11.8 Å². The molecule has 6 atom stereocenters. The minimum Gasteiger partial charge on any atom is -0.462 e. The second kappa shape index (κ2) is 8.92. The summed E-state index contributed by atoms with van der Waals surface area (Å²) in [5.41, 5.74) is 1.44. The number of para-hydroxylation sites is 1. The van der Waals surface area contributed by atoms with E-state index in [2.05, 4.69) is 0 Å². The molecule has 2 aromatic carbocycles. The molecule has 0 aromatic heterocycles. The Morgan fingerprint density at radius 3 is 2.72 bits per heavy atom. The molecule has 3 aliphatic rings. The summed E-state index contributed by atoms with van der Waals surface area (Å²) in [6.07, 6.45) is -0.446. The number of rotatable bonds is 6. The fraction of sp³-hybridized carbons (Fsp3) is 0.440. The zero-order valence-corrected chi connectivity index (χ0v) is 17.6. The van der Waals surface area contributed by atoms with Gasteiger partial charge in [0.2, 0.25) is 6.29 Å². The number of ether oxygens (including phenoxy) is 4.